The lowest BCUT2D eigenvalue weighted by Gasteiger charge is -2.45. The predicted molar refractivity (Wildman–Crippen MR) is 166 cm³/mol. The fourth-order valence-corrected chi connectivity index (χ4v) is 6.19. The van der Waals surface area contributed by atoms with E-state index in [4.69, 9.17) is 18.9 Å². The van der Waals surface area contributed by atoms with Crippen molar-refractivity contribution in [1.82, 2.24) is 0 Å². The highest BCUT2D eigenvalue weighted by Gasteiger charge is 2.51. The number of carbonyl (C=O) groups is 1. The molecule has 2 rings (SSSR count). The minimum atomic E-state index is -1.76. The van der Waals surface area contributed by atoms with Gasteiger partial charge in [0, 0.05) is 6.42 Å². The van der Waals surface area contributed by atoms with Gasteiger partial charge in [0.25, 0.3) is 0 Å². The van der Waals surface area contributed by atoms with E-state index in [1.807, 2.05) is 0 Å². The SMILES string of the molecule is CCCCCCCCCCC(CCCCCCCC)CC(=O)O[C@@H]1O[C@H](CO)[C@@H](O[C@H]2O[C@H](CO)[C@@H](O)[C@H](O)[C@H]2O)[C@H](O)[C@H]1O. The van der Waals surface area contributed by atoms with Crippen LogP contribution >= 0.6 is 0 Å². The van der Waals surface area contributed by atoms with Crippen molar-refractivity contribution >= 4 is 5.97 Å². The number of esters is 1. The molecule has 266 valence electrons. The summed E-state index contributed by atoms with van der Waals surface area (Å²) in [5.41, 5.74) is 0. The molecule has 0 aliphatic carbocycles. The molecule has 0 aromatic carbocycles. The molecule has 12 heteroatoms. The van der Waals surface area contributed by atoms with Crippen LogP contribution in [-0.2, 0) is 23.7 Å². The highest BCUT2D eigenvalue weighted by atomic mass is 16.7. The first-order valence-corrected chi connectivity index (χ1v) is 17.5. The largest absolute Gasteiger partial charge is 0.433 e. The summed E-state index contributed by atoms with van der Waals surface area (Å²) >= 11 is 0. The molecular weight excluding hydrogens is 588 g/mol. The van der Waals surface area contributed by atoms with E-state index in [0.29, 0.717) is 0 Å². The number of ether oxygens (including phenoxy) is 4. The normalized spacial score (nSPS) is 32.8. The molecule has 0 amide bonds. The molecule has 0 aromatic rings. The molecule has 45 heavy (non-hydrogen) atoms. The van der Waals surface area contributed by atoms with Gasteiger partial charge in [0.1, 0.15) is 48.8 Å². The van der Waals surface area contributed by atoms with Crippen molar-refractivity contribution in [2.45, 2.75) is 184 Å². The first kappa shape index (κ1) is 40.2. The Hall–Kier alpha value is -0.930. The van der Waals surface area contributed by atoms with Crippen LogP contribution in [0.2, 0.25) is 0 Å². The van der Waals surface area contributed by atoms with Crippen molar-refractivity contribution in [2.24, 2.45) is 5.92 Å². The number of unbranched alkanes of at least 4 members (excludes halogenated alkanes) is 12. The number of hydrogen-bond donors (Lipinski definition) is 7. The Morgan fingerprint density at radius 2 is 1.07 bits per heavy atom. The number of hydrogen-bond acceptors (Lipinski definition) is 12. The van der Waals surface area contributed by atoms with Crippen LogP contribution in [0.5, 0.6) is 0 Å². The molecule has 0 bridgehead atoms. The third kappa shape index (κ3) is 13.6. The molecule has 2 saturated heterocycles. The van der Waals surface area contributed by atoms with Crippen molar-refractivity contribution in [2.75, 3.05) is 13.2 Å². The van der Waals surface area contributed by atoms with Gasteiger partial charge in [0.05, 0.1) is 13.2 Å². The zero-order chi connectivity index (χ0) is 33.2. The fraction of sp³-hybridized carbons (Fsp3) is 0.970. The molecule has 0 aromatic heterocycles. The van der Waals surface area contributed by atoms with Crippen LogP contribution in [0.1, 0.15) is 123 Å². The van der Waals surface area contributed by atoms with Gasteiger partial charge in [-0.25, -0.2) is 0 Å². The molecule has 2 aliphatic rings. The highest BCUT2D eigenvalue weighted by molar-refractivity contribution is 5.69. The predicted octanol–water partition coefficient (Wildman–Crippen LogP) is 2.44. The monoisotopic (exact) mass is 650 g/mol. The molecule has 2 aliphatic heterocycles. The average molecular weight is 651 g/mol. The second kappa shape index (κ2) is 22.6. The van der Waals surface area contributed by atoms with Crippen LogP contribution in [0.15, 0.2) is 0 Å². The zero-order valence-corrected chi connectivity index (χ0v) is 27.5. The van der Waals surface area contributed by atoms with Gasteiger partial charge in [-0.1, -0.05) is 104 Å². The Morgan fingerprint density at radius 3 is 1.58 bits per heavy atom. The first-order chi connectivity index (χ1) is 21.7. The zero-order valence-electron chi connectivity index (χ0n) is 27.5. The summed E-state index contributed by atoms with van der Waals surface area (Å²) in [6.07, 6.45) is 2.84. The smallest absolute Gasteiger partial charge is 0.308 e. The van der Waals surface area contributed by atoms with Crippen molar-refractivity contribution in [3.63, 3.8) is 0 Å². The van der Waals surface area contributed by atoms with Gasteiger partial charge < -0.3 is 54.7 Å². The quantitative estimate of drug-likeness (QED) is 0.0631. The second-order valence-corrected chi connectivity index (χ2v) is 12.9. The first-order valence-electron chi connectivity index (χ1n) is 17.5. The van der Waals surface area contributed by atoms with Crippen LogP contribution in [0.3, 0.4) is 0 Å². The van der Waals surface area contributed by atoms with Crippen molar-refractivity contribution < 1.29 is 59.5 Å². The Labute approximate surface area is 269 Å². The number of carbonyl (C=O) groups excluding carboxylic acids is 1. The average Bonchev–Trinajstić information content (AvgIpc) is 3.03. The molecule has 11 atom stereocenters. The summed E-state index contributed by atoms with van der Waals surface area (Å²) in [6.45, 7) is 3.02. The lowest BCUT2D eigenvalue weighted by Crippen LogP contribution is -2.64. The highest BCUT2D eigenvalue weighted by Crippen LogP contribution is 2.30. The van der Waals surface area contributed by atoms with Crippen molar-refractivity contribution in [1.29, 1.82) is 0 Å². The topological polar surface area (TPSA) is 196 Å². The van der Waals surface area contributed by atoms with Crippen molar-refractivity contribution in [3.8, 4) is 0 Å². The lowest BCUT2D eigenvalue weighted by atomic mass is 9.91. The maximum atomic E-state index is 13.0. The van der Waals surface area contributed by atoms with Gasteiger partial charge in [-0.2, -0.15) is 0 Å². The van der Waals surface area contributed by atoms with Crippen LogP contribution in [-0.4, -0.2) is 116 Å². The third-order valence-corrected chi connectivity index (χ3v) is 9.10. The third-order valence-electron chi connectivity index (χ3n) is 9.10. The van der Waals surface area contributed by atoms with Gasteiger partial charge in [0.15, 0.2) is 6.29 Å². The Balaban J connectivity index is 1.92. The van der Waals surface area contributed by atoms with E-state index in [-0.39, 0.29) is 12.3 Å². The molecule has 12 nitrogen and oxygen atoms in total. The van der Waals surface area contributed by atoms with Gasteiger partial charge in [0.2, 0.25) is 6.29 Å². The summed E-state index contributed by atoms with van der Waals surface area (Å²) in [5.74, 6) is -0.433. The van der Waals surface area contributed by atoms with E-state index in [9.17, 15) is 40.5 Å². The van der Waals surface area contributed by atoms with Crippen LogP contribution < -0.4 is 0 Å². The molecule has 1 unspecified atom stereocenters. The van der Waals surface area contributed by atoms with E-state index >= 15 is 0 Å². The van der Waals surface area contributed by atoms with Gasteiger partial charge >= 0.3 is 5.97 Å². The van der Waals surface area contributed by atoms with E-state index in [1.165, 1.54) is 64.2 Å². The molecule has 0 saturated carbocycles. The van der Waals surface area contributed by atoms with Gasteiger partial charge in [-0.05, 0) is 18.8 Å². The van der Waals surface area contributed by atoms with E-state index in [1.54, 1.807) is 0 Å². The maximum Gasteiger partial charge on any atom is 0.308 e. The molecule has 0 spiro atoms. The Bertz CT molecular complexity index is 768. The van der Waals surface area contributed by atoms with E-state index in [2.05, 4.69) is 13.8 Å². The summed E-state index contributed by atoms with van der Waals surface area (Å²) in [4.78, 5) is 13.0. The molecule has 2 fully saturated rings. The Morgan fingerprint density at radius 1 is 0.600 bits per heavy atom. The number of rotatable bonds is 23. The number of aliphatic hydroxyl groups is 7. The lowest BCUT2D eigenvalue weighted by molar-refractivity contribution is -0.355. The molecule has 0 radical (unpaired) electrons. The Kier molecular flexibility index (Phi) is 20.2. The van der Waals surface area contributed by atoms with Crippen LogP contribution in [0.25, 0.3) is 0 Å². The van der Waals surface area contributed by atoms with Crippen molar-refractivity contribution in [3.05, 3.63) is 0 Å². The second-order valence-electron chi connectivity index (χ2n) is 12.9. The van der Waals surface area contributed by atoms with Gasteiger partial charge in [-0.15, -0.1) is 0 Å². The summed E-state index contributed by atoms with van der Waals surface area (Å²) in [7, 11) is 0. The minimum absolute atomic E-state index is 0.130. The molecular formula is C33H62O12. The number of aliphatic hydroxyl groups excluding tert-OH is 7. The van der Waals surface area contributed by atoms with E-state index in [0.717, 1.165) is 38.5 Å². The van der Waals surface area contributed by atoms with Gasteiger partial charge in [-0.3, -0.25) is 4.79 Å². The molecule has 7 N–H and O–H groups in total. The fourth-order valence-electron chi connectivity index (χ4n) is 6.19. The summed E-state index contributed by atoms with van der Waals surface area (Å²) in [5, 5.41) is 71.4. The maximum absolute atomic E-state index is 13.0. The molecule has 2 heterocycles. The summed E-state index contributed by atoms with van der Waals surface area (Å²) < 4.78 is 22.0. The van der Waals surface area contributed by atoms with E-state index < -0.39 is 80.6 Å². The standard InChI is InChI=1S/C33H62O12/c1-3-5-7-9-11-12-14-16-18-22(17-15-13-10-8-6-4-2)19-25(36)44-32-30(41)28(39)31(24(21-35)43-32)45-33-29(40)27(38)26(37)23(20-34)42-33/h22-24,26-35,37-41H,3-21H2,1-2H3/t22?,23-,24-,26-,27+,28-,29-,30-,31-,32+,33-/m1/s1. The minimum Gasteiger partial charge on any atom is -0.433 e. The van der Waals surface area contributed by atoms with Crippen LogP contribution in [0.4, 0.5) is 0 Å². The van der Waals surface area contributed by atoms with Crippen LogP contribution in [0, 0.1) is 5.92 Å². The summed E-state index contributed by atoms with van der Waals surface area (Å²) in [6, 6.07) is 0.